The van der Waals surface area contributed by atoms with E-state index in [-0.39, 0.29) is 18.4 Å². The Morgan fingerprint density at radius 1 is 1.39 bits per heavy atom. The number of carbonyl (C=O) groups excluding carboxylic acids is 1. The van der Waals surface area contributed by atoms with Crippen LogP contribution in [0.3, 0.4) is 0 Å². The molecule has 23 heavy (non-hydrogen) atoms. The molecule has 1 aliphatic rings. The Kier molecular flexibility index (Phi) is 5.80. The molecule has 2 rings (SSSR count). The number of carbonyl (C=O) groups is 1. The van der Waals surface area contributed by atoms with Crippen LogP contribution in [0.1, 0.15) is 23.7 Å². The third-order valence-corrected chi connectivity index (χ3v) is 5.71. The maximum atomic E-state index is 11.7. The van der Waals surface area contributed by atoms with Gasteiger partial charge >= 0.3 is 0 Å². The molecule has 0 aromatic heterocycles. The number of rotatable bonds is 5. The van der Waals surface area contributed by atoms with Gasteiger partial charge in [0, 0.05) is 32.8 Å². The van der Waals surface area contributed by atoms with Gasteiger partial charge in [-0.25, -0.2) is 4.21 Å². The summed E-state index contributed by atoms with van der Waals surface area (Å²) in [6.45, 7) is 2.39. The Hall–Kier alpha value is -1.84. The Labute approximate surface area is 138 Å². The maximum Gasteiger partial charge on any atom is 0.159 e. The highest BCUT2D eigenvalue weighted by molar-refractivity contribution is 7.92. The van der Waals surface area contributed by atoms with E-state index < -0.39 is 9.73 Å². The first-order chi connectivity index (χ1) is 10.9. The topological polar surface area (TPSA) is 70.5 Å². The first-order valence-electron chi connectivity index (χ1n) is 7.51. The van der Waals surface area contributed by atoms with Crippen LogP contribution in [0.4, 0.5) is 0 Å². The van der Waals surface area contributed by atoms with E-state index in [0.717, 1.165) is 6.42 Å². The van der Waals surface area contributed by atoms with Gasteiger partial charge in [-0.15, -0.1) is 0 Å². The van der Waals surface area contributed by atoms with Gasteiger partial charge in [-0.05, 0) is 44.7 Å². The molecule has 6 heteroatoms. The Bertz CT molecular complexity index is 714. The number of nitrogens with zero attached hydrogens (tertiary/aromatic N) is 1. The molecule has 1 aromatic carbocycles. The van der Waals surface area contributed by atoms with Crippen molar-refractivity contribution in [3.8, 4) is 17.6 Å². The monoisotopic (exact) mass is 334 g/mol. The molecule has 1 aliphatic heterocycles. The summed E-state index contributed by atoms with van der Waals surface area (Å²) in [5.41, 5.74) is 0.660. The zero-order valence-corrected chi connectivity index (χ0v) is 14.3. The molecule has 1 N–H and O–H groups in total. The van der Waals surface area contributed by atoms with E-state index in [2.05, 4.69) is 16.7 Å². The number of hydrogen-bond acceptors (Lipinski definition) is 5. The lowest BCUT2D eigenvalue weighted by atomic mass is 10.1. The summed E-state index contributed by atoms with van der Waals surface area (Å²) in [6, 6.07) is 7.17. The number of ketones is 1. The highest BCUT2D eigenvalue weighted by atomic mass is 32.2. The number of nitrogens with one attached hydrogen (secondary N) is 1. The first kappa shape index (κ1) is 17.5. The summed E-state index contributed by atoms with van der Waals surface area (Å²) in [6.07, 6.45) is 0.805. The molecule has 0 bridgehead atoms. The van der Waals surface area contributed by atoms with E-state index in [4.69, 9.17) is 9.52 Å². The molecule has 0 spiro atoms. The number of Topliss-reactive ketones (excluding diaryl/α,β-unsaturated/α-hetero) is 1. The van der Waals surface area contributed by atoms with Gasteiger partial charge in [0.15, 0.2) is 5.78 Å². The molecule has 0 aliphatic carbocycles. The number of hydrogen-bond donors (Lipinski definition) is 1. The smallest absolute Gasteiger partial charge is 0.159 e. The van der Waals surface area contributed by atoms with Gasteiger partial charge in [0.2, 0.25) is 0 Å². The van der Waals surface area contributed by atoms with E-state index in [1.54, 1.807) is 24.3 Å². The van der Waals surface area contributed by atoms with Crippen molar-refractivity contribution < 1.29 is 13.7 Å². The Morgan fingerprint density at radius 2 is 2.09 bits per heavy atom. The number of ether oxygens (including phenoxy) is 1. The normalized spacial score (nSPS) is 23.3. The van der Waals surface area contributed by atoms with Crippen molar-refractivity contribution in [2.45, 2.75) is 19.4 Å². The van der Waals surface area contributed by atoms with Gasteiger partial charge in [-0.1, -0.05) is 11.8 Å². The second kappa shape index (κ2) is 7.62. The average Bonchev–Trinajstić information content (AvgIpc) is 2.87. The van der Waals surface area contributed by atoms with Crippen LogP contribution in [0.5, 0.6) is 5.75 Å². The fraction of sp³-hybridized carbons (Fsp3) is 0.471. The zero-order chi connectivity index (χ0) is 16.9. The second-order valence-corrected chi connectivity index (χ2v) is 8.13. The van der Waals surface area contributed by atoms with Crippen LogP contribution >= 0.6 is 0 Å². The predicted octanol–water partition coefficient (Wildman–Crippen LogP) is 2.02. The SMILES string of the molecule is CC(=O)c1ccc(OCC#CCN(C)C2CCS(=N)(=O)C2)cc1. The van der Waals surface area contributed by atoms with Crippen LogP contribution in [0.2, 0.25) is 0 Å². The lowest BCUT2D eigenvalue weighted by Gasteiger charge is -2.20. The summed E-state index contributed by atoms with van der Waals surface area (Å²) in [5.74, 6) is 7.64. The predicted molar refractivity (Wildman–Crippen MR) is 91.3 cm³/mol. The molecule has 124 valence electrons. The molecule has 0 radical (unpaired) electrons. The largest absolute Gasteiger partial charge is 0.481 e. The van der Waals surface area contributed by atoms with E-state index in [1.807, 2.05) is 7.05 Å². The van der Waals surface area contributed by atoms with Gasteiger partial charge in [-0.2, -0.15) is 0 Å². The van der Waals surface area contributed by atoms with Crippen LogP contribution in [0.15, 0.2) is 24.3 Å². The third-order valence-electron chi connectivity index (χ3n) is 3.89. The van der Waals surface area contributed by atoms with Gasteiger partial charge < -0.3 is 4.74 Å². The molecule has 2 unspecified atom stereocenters. The standard InChI is InChI=1S/C17H22N2O3S/c1-14(20)15-5-7-17(8-6-15)22-11-4-3-10-19(2)16-9-12-23(18,21)13-16/h5-8,16,18H,9-13H2,1-2H3. The van der Waals surface area contributed by atoms with Crippen molar-refractivity contribution in [3.05, 3.63) is 29.8 Å². The van der Waals surface area contributed by atoms with Gasteiger partial charge in [0.25, 0.3) is 0 Å². The molecular weight excluding hydrogens is 312 g/mol. The molecule has 1 saturated heterocycles. The van der Waals surface area contributed by atoms with Gasteiger partial charge in [0.1, 0.15) is 12.4 Å². The lowest BCUT2D eigenvalue weighted by molar-refractivity contribution is 0.101. The van der Waals surface area contributed by atoms with Crippen molar-refractivity contribution in [2.24, 2.45) is 0 Å². The van der Waals surface area contributed by atoms with Crippen LogP contribution in [-0.4, -0.2) is 52.6 Å². The minimum Gasteiger partial charge on any atom is -0.481 e. The van der Waals surface area contributed by atoms with Crippen molar-refractivity contribution in [1.82, 2.24) is 4.90 Å². The molecule has 1 aromatic rings. The molecule has 5 nitrogen and oxygen atoms in total. The van der Waals surface area contributed by atoms with Gasteiger partial charge in [0.05, 0.1) is 6.54 Å². The maximum absolute atomic E-state index is 11.7. The highest BCUT2D eigenvalue weighted by Crippen LogP contribution is 2.16. The fourth-order valence-electron chi connectivity index (χ4n) is 2.42. The van der Waals surface area contributed by atoms with Crippen LogP contribution in [-0.2, 0) is 9.73 Å². The molecular formula is C17H22N2O3S. The molecule has 1 heterocycles. The summed E-state index contributed by atoms with van der Waals surface area (Å²) >= 11 is 0. The quantitative estimate of drug-likeness (QED) is 0.661. The first-order valence-corrected chi connectivity index (χ1v) is 9.41. The summed E-state index contributed by atoms with van der Waals surface area (Å²) in [5, 5.41) is 0. The Morgan fingerprint density at radius 3 is 2.65 bits per heavy atom. The molecule has 0 amide bonds. The highest BCUT2D eigenvalue weighted by Gasteiger charge is 2.27. The fourth-order valence-corrected chi connectivity index (χ4v) is 4.28. The summed E-state index contributed by atoms with van der Waals surface area (Å²) < 4.78 is 24.8. The van der Waals surface area contributed by atoms with Gasteiger partial charge in [-0.3, -0.25) is 14.5 Å². The van der Waals surface area contributed by atoms with Crippen LogP contribution in [0.25, 0.3) is 0 Å². The van der Waals surface area contributed by atoms with E-state index >= 15 is 0 Å². The number of benzene rings is 1. The van der Waals surface area contributed by atoms with Crippen LogP contribution in [0, 0.1) is 16.6 Å². The van der Waals surface area contributed by atoms with E-state index in [1.165, 1.54) is 6.92 Å². The Balaban J connectivity index is 1.74. The average molecular weight is 334 g/mol. The molecule has 1 fully saturated rings. The van der Waals surface area contributed by atoms with Crippen molar-refractivity contribution >= 4 is 15.5 Å². The molecule has 2 atom stereocenters. The van der Waals surface area contributed by atoms with E-state index in [9.17, 15) is 9.00 Å². The van der Waals surface area contributed by atoms with Crippen molar-refractivity contribution in [1.29, 1.82) is 4.78 Å². The lowest BCUT2D eigenvalue weighted by Crippen LogP contribution is -2.32. The second-order valence-electron chi connectivity index (χ2n) is 5.76. The minimum atomic E-state index is -2.36. The zero-order valence-electron chi connectivity index (χ0n) is 13.5. The minimum absolute atomic E-state index is 0.0305. The van der Waals surface area contributed by atoms with Crippen molar-refractivity contribution in [2.75, 3.05) is 31.7 Å². The third kappa shape index (κ3) is 5.38. The van der Waals surface area contributed by atoms with Crippen LogP contribution < -0.4 is 4.74 Å². The summed E-state index contributed by atoms with van der Waals surface area (Å²) in [4.78, 5) is 13.2. The summed E-state index contributed by atoms with van der Waals surface area (Å²) in [7, 11) is -0.414. The molecule has 0 saturated carbocycles. The van der Waals surface area contributed by atoms with Crippen molar-refractivity contribution in [3.63, 3.8) is 0 Å². The van der Waals surface area contributed by atoms with E-state index in [0.29, 0.717) is 29.4 Å².